The third-order valence-electron chi connectivity index (χ3n) is 2.91. The molecule has 1 aliphatic heterocycles. The lowest BCUT2D eigenvalue weighted by atomic mass is 10.1. The highest BCUT2D eigenvalue weighted by atomic mass is 16.6. The SMILES string of the molecule is C[C@@H](c1ccccc1)N1C(=O)OC[C@H]1CO. The van der Waals surface area contributed by atoms with Crippen LogP contribution < -0.4 is 0 Å². The van der Waals surface area contributed by atoms with Crippen LogP contribution in [0.2, 0.25) is 0 Å². The van der Waals surface area contributed by atoms with Crippen molar-refractivity contribution in [2.24, 2.45) is 0 Å². The molecule has 0 unspecified atom stereocenters. The van der Waals surface area contributed by atoms with Gasteiger partial charge in [-0.1, -0.05) is 30.3 Å². The summed E-state index contributed by atoms with van der Waals surface area (Å²) in [5.74, 6) is 0. The lowest BCUT2D eigenvalue weighted by Gasteiger charge is -2.27. The average molecular weight is 221 g/mol. The Morgan fingerprint density at radius 2 is 2.19 bits per heavy atom. The second-order valence-corrected chi connectivity index (χ2v) is 3.91. The summed E-state index contributed by atoms with van der Waals surface area (Å²) in [6.07, 6.45) is -0.351. The molecule has 86 valence electrons. The minimum atomic E-state index is -0.351. The molecule has 1 saturated heterocycles. The molecule has 1 aromatic carbocycles. The van der Waals surface area contributed by atoms with E-state index in [0.717, 1.165) is 5.56 Å². The number of benzene rings is 1. The van der Waals surface area contributed by atoms with Gasteiger partial charge in [0.25, 0.3) is 0 Å². The molecule has 2 atom stereocenters. The molecule has 0 aliphatic carbocycles. The molecule has 1 amide bonds. The minimum absolute atomic E-state index is 0.0666. The van der Waals surface area contributed by atoms with Crippen LogP contribution in [0.5, 0.6) is 0 Å². The number of carbonyl (C=O) groups is 1. The summed E-state index contributed by atoms with van der Waals surface area (Å²) in [4.78, 5) is 13.1. The van der Waals surface area contributed by atoms with E-state index < -0.39 is 0 Å². The Labute approximate surface area is 94.4 Å². The van der Waals surface area contributed by atoms with Gasteiger partial charge in [-0.25, -0.2) is 4.79 Å². The number of cyclic esters (lactones) is 1. The second kappa shape index (κ2) is 4.53. The summed E-state index contributed by atoms with van der Waals surface area (Å²) in [6.45, 7) is 2.14. The first kappa shape index (κ1) is 11.0. The molecule has 0 aromatic heterocycles. The third kappa shape index (κ3) is 1.88. The van der Waals surface area contributed by atoms with E-state index >= 15 is 0 Å². The van der Waals surface area contributed by atoms with E-state index in [1.165, 1.54) is 0 Å². The van der Waals surface area contributed by atoms with E-state index in [9.17, 15) is 9.90 Å². The molecular weight excluding hydrogens is 206 g/mol. The van der Waals surface area contributed by atoms with Gasteiger partial charge in [-0.05, 0) is 12.5 Å². The van der Waals surface area contributed by atoms with Crippen molar-refractivity contribution < 1.29 is 14.6 Å². The Kier molecular flexibility index (Phi) is 3.10. The molecule has 16 heavy (non-hydrogen) atoms. The second-order valence-electron chi connectivity index (χ2n) is 3.91. The highest BCUT2D eigenvalue weighted by Crippen LogP contribution is 2.26. The molecule has 1 fully saturated rings. The number of nitrogens with zero attached hydrogens (tertiary/aromatic N) is 1. The molecule has 1 aliphatic rings. The molecule has 4 nitrogen and oxygen atoms in total. The van der Waals surface area contributed by atoms with Crippen LogP contribution in [0.25, 0.3) is 0 Å². The largest absolute Gasteiger partial charge is 0.447 e. The Morgan fingerprint density at radius 1 is 1.50 bits per heavy atom. The van der Waals surface area contributed by atoms with Crippen LogP contribution in [0.4, 0.5) is 4.79 Å². The first-order chi connectivity index (χ1) is 7.74. The Hall–Kier alpha value is -1.55. The molecule has 1 N–H and O–H groups in total. The molecule has 4 heteroatoms. The van der Waals surface area contributed by atoms with Crippen LogP contribution in [0.15, 0.2) is 30.3 Å². The highest BCUT2D eigenvalue weighted by molar-refractivity contribution is 5.70. The van der Waals surface area contributed by atoms with Crippen LogP contribution in [-0.2, 0) is 4.74 Å². The lowest BCUT2D eigenvalue weighted by molar-refractivity contribution is 0.135. The number of aliphatic hydroxyl groups excluding tert-OH is 1. The van der Waals surface area contributed by atoms with Gasteiger partial charge in [-0.3, -0.25) is 4.90 Å². The number of carbonyl (C=O) groups excluding carboxylic acids is 1. The summed E-state index contributed by atoms with van der Waals surface area (Å²) < 4.78 is 4.94. The summed E-state index contributed by atoms with van der Waals surface area (Å²) in [5.41, 5.74) is 1.04. The van der Waals surface area contributed by atoms with Crippen molar-refractivity contribution in [2.75, 3.05) is 13.2 Å². The van der Waals surface area contributed by atoms with Gasteiger partial charge < -0.3 is 9.84 Å². The summed E-state index contributed by atoms with van der Waals surface area (Å²) in [6, 6.07) is 9.41. The lowest BCUT2D eigenvalue weighted by Crippen LogP contribution is -2.38. The number of hydrogen-bond acceptors (Lipinski definition) is 3. The van der Waals surface area contributed by atoms with E-state index in [0.29, 0.717) is 0 Å². The topological polar surface area (TPSA) is 49.8 Å². The zero-order chi connectivity index (χ0) is 11.5. The van der Waals surface area contributed by atoms with Crippen LogP contribution in [0.1, 0.15) is 18.5 Å². The monoisotopic (exact) mass is 221 g/mol. The number of ether oxygens (including phenoxy) is 1. The van der Waals surface area contributed by atoms with E-state index in [1.807, 2.05) is 37.3 Å². The average Bonchev–Trinajstić information content (AvgIpc) is 2.70. The van der Waals surface area contributed by atoms with E-state index in [1.54, 1.807) is 4.90 Å². The first-order valence-electron chi connectivity index (χ1n) is 5.35. The van der Waals surface area contributed by atoms with Gasteiger partial charge in [-0.2, -0.15) is 0 Å². The molecular formula is C12H15NO3. The quantitative estimate of drug-likeness (QED) is 0.842. The molecule has 0 saturated carbocycles. The van der Waals surface area contributed by atoms with E-state index in [2.05, 4.69) is 0 Å². The summed E-state index contributed by atoms with van der Waals surface area (Å²) in [5, 5.41) is 9.18. The normalized spacial score (nSPS) is 22.0. The third-order valence-corrected chi connectivity index (χ3v) is 2.91. The van der Waals surface area contributed by atoms with Crippen molar-refractivity contribution in [1.29, 1.82) is 0 Å². The fraction of sp³-hybridized carbons (Fsp3) is 0.417. The smallest absolute Gasteiger partial charge is 0.410 e. The first-order valence-corrected chi connectivity index (χ1v) is 5.35. The Morgan fingerprint density at radius 3 is 2.81 bits per heavy atom. The van der Waals surface area contributed by atoms with Crippen molar-refractivity contribution in [3.63, 3.8) is 0 Å². The molecule has 0 bridgehead atoms. The van der Waals surface area contributed by atoms with E-state index in [-0.39, 0.29) is 31.4 Å². The minimum Gasteiger partial charge on any atom is -0.447 e. The highest BCUT2D eigenvalue weighted by Gasteiger charge is 2.36. The van der Waals surface area contributed by atoms with Gasteiger partial charge in [0, 0.05) is 0 Å². The van der Waals surface area contributed by atoms with Gasteiger partial charge in [0.15, 0.2) is 0 Å². The molecule has 0 radical (unpaired) electrons. The molecule has 2 rings (SSSR count). The standard InChI is InChI=1S/C12H15NO3/c1-9(10-5-3-2-4-6-10)13-11(7-14)8-16-12(13)15/h2-6,9,11,14H,7-8H2,1H3/t9-,11+/m0/s1. The van der Waals surface area contributed by atoms with Crippen LogP contribution >= 0.6 is 0 Å². The van der Waals surface area contributed by atoms with Gasteiger partial charge in [0.1, 0.15) is 6.61 Å². The van der Waals surface area contributed by atoms with Crippen LogP contribution in [0.3, 0.4) is 0 Å². The number of rotatable bonds is 3. The molecule has 1 aromatic rings. The number of hydrogen-bond donors (Lipinski definition) is 1. The van der Waals surface area contributed by atoms with Gasteiger partial charge in [0.05, 0.1) is 18.7 Å². The summed E-state index contributed by atoms with van der Waals surface area (Å²) in [7, 11) is 0. The van der Waals surface area contributed by atoms with Gasteiger partial charge >= 0.3 is 6.09 Å². The Bertz CT molecular complexity index is 366. The predicted molar refractivity (Wildman–Crippen MR) is 58.9 cm³/mol. The predicted octanol–water partition coefficient (Wildman–Crippen LogP) is 1.56. The maximum Gasteiger partial charge on any atom is 0.410 e. The van der Waals surface area contributed by atoms with Crippen LogP contribution in [0, 0.1) is 0 Å². The van der Waals surface area contributed by atoms with E-state index in [4.69, 9.17) is 4.74 Å². The molecule has 1 heterocycles. The fourth-order valence-corrected chi connectivity index (χ4v) is 1.98. The summed E-state index contributed by atoms with van der Waals surface area (Å²) >= 11 is 0. The van der Waals surface area contributed by atoms with Crippen molar-refractivity contribution >= 4 is 6.09 Å². The Balaban J connectivity index is 2.20. The fourth-order valence-electron chi connectivity index (χ4n) is 1.98. The van der Waals surface area contributed by atoms with Crippen molar-refractivity contribution in [3.05, 3.63) is 35.9 Å². The molecule has 0 spiro atoms. The zero-order valence-corrected chi connectivity index (χ0v) is 9.17. The van der Waals surface area contributed by atoms with Crippen molar-refractivity contribution in [3.8, 4) is 0 Å². The maximum absolute atomic E-state index is 11.6. The van der Waals surface area contributed by atoms with Crippen molar-refractivity contribution in [1.82, 2.24) is 4.90 Å². The van der Waals surface area contributed by atoms with Gasteiger partial charge in [0.2, 0.25) is 0 Å². The maximum atomic E-state index is 11.6. The number of aliphatic hydroxyl groups is 1. The zero-order valence-electron chi connectivity index (χ0n) is 9.17. The van der Waals surface area contributed by atoms with Gasteiger partial charge in [-0.15, -0.1) is 0 Å². The number of amides is 1. The van der Waals surface area contributed by atoms with Crippen molar-refractivity contribution in [2.45, 2.75) is 19.0 Å². The van der Waals surface area contributed by atoms with Crippen LogP contribution in [-0.4, -0.2) is 35.4 Å².